The van der Waals surface area contributed by atoms with Crippen LogP contribution in [0.25, 0.3) is 0 Å². The molecule has 1 aromatic heterocycles. The zero-order chi connectivity index (χ0) is 12.2. The summed E-state index contributed by atoms with van der Waals surface area (Å²) in [5.41, 5.74) is 5.47. The van der Waals surface area contributed by atoms with Crippen LogP contribution in [0.4, 0.5) is 0 Å². The van der Waals surface area contributed by atoms with E-state index < -0.39 is 0 Å². The minimum atomic E-state index is -0.373. The van der Waals surface area contributed by atoms with Crippen molar-refractivity contribution in [2.45, 2.75) is 26.0 Å². The Morgan fingerprint density at radius 1 is 1.69 bits per heavy atom. The predicted molar refractivity (Wildman–Crippen MR) is 63.4 cm³/mol. The number of thiazole rings is 1. The fourth-order valence-electron chi connectivity index (χ4n) is 0.965. The van der Waals surface area contributed by atoms with Crippen molar-refractivity contribution in [1.82, 2.24) is 10.3 Å². The SMILES string of the molecule is COC(C)(C)CNC(=O)c1csc(CN)n1. The van der Waals surface area contributed by atoms with Crippen molar-refractivity contribution in [3.05, 3.63) is 16.1 Å². The van der Waals surface area contributed by atoms with E-state index in [1.807, 2.05) is 13.8 Å². The van der Waals surface area contributed by atoms with Crippen LogP contribution in [-0.2, 0) is 11.3 Å². The van der Waals surface area contributed by atoms with Crippen LogP contribution >= 0.6 is 11.3 Å². The second-order valence-corrected chi connectivity index (χ2v) is 4.92. The van der Waals surface area contributed by atoms with Crippen LogP contribution in [0.15, 0.2) is 5.38 Å². The van der Waals surface area contributed by atoms with Gasteiger partial charge in [-0.1, -0.05) is 0 Å². The number of carbonyl (C=O) groups excluding carboxylic acids is 1. The lowest BCUT2D eigenvalue weighted by molar-refractivity contribution is 0.0228. The van der Waals surface area contributed by atoms with Crippen LogP contribution in [0.1, 0.15) is 29.3 Å². The number of amides is 1. The monoisotopic (exact) mass is 243 g/mol. The van der Waals surface area contributed by atoms with Crippen molar-refractivity contribution in [1.29, 1.82) is 0 Å². The third-order valence-electron chi connectivity index (χ3n) is 2.19. The number of nitrogens with two attached hydrogens (primary N) is 1. The minimum Gasteiger partial charge on any atom is -0.377 e. The van der Waals surface area contributed by atoms with Gasteiger partial charge in [0, 0.05) is 25.6 Å². The summed E-state index contributed by atoms with van der Waals surface area (Å²) in [6.07, 6.45) is 0. The number of carbonyl (C=O) groups is 1. The molecular weight excluding hydrogens is 226 g/mol. The first-order valence-electron chi connectivity index (χ1n) is 4.96. The summed E-state index contributed by atoms with van der Waals surface area (Å²) in [5.74, 6) is -0.193. The molecule has 0 fully saturated rings. The molecule has 0 saturated heterocycles. The second-order valence-electron chi connectivity index (χ2n) is 3.98. The maximum atomic E-state index is 11.7. The first-order valence-corrected chi connectivity index (χ1v) is 5.84. The van der Waals surface area contributed by atoms with E-state index in [4.69, 9.17) is 10.5 Å². The Kier molecular flexibility index (Phi) is 4.40. The van der Waals surface area contributed by atoms with E-state index >= 15 is 0 Å². The van der Waals surface area contributed by atoms with E-state index in [9.17, 15) is 4.79 Å². The van der Waals surface area contributed by atoms with Gasteiger partial charge in [-0.05, 0) is 13.8 Å². The highest BCUT2D eigenvalue weighted by Gasteiger charge is 2.18. The Hall–Kier alpha value is -0.980. The van der Waals surface area contributed by atoms with Crippen molar-refractivity contribution in [3.63, 3.8) is 0 Å². The third kappa shape index (κ3) is 3.55. The average Bonchev–Trinajstić information content (AvgIpc) is 2.74. The van der Waals surface area contributed by atoms with Crippen molar-refractivity contribution >= 4 is 17.2 Å². The molecule has 1 rings (SSSR count). The quantitative estimate of drug-likeness (QED) is 0.800. The zero-order valence-electron chi connectivity index (χ0n) is 9.74. The van der Waals surface area contributed by atoms with E-state index in [1.165, 1.54) is 11.3 Å². The average molecular weight is 243 g/mol. The van der Waals surface area contributed by atoms with Gasteiger partial charge in [-0.25, -0.2) is 4.98 Å². The van der Waals surface area contributed by atoms with Gasteiger partial charge in [0.25, 0.3) is 5.91 Å². The van der Waals surface area contributed by atoms with Gasteiger partial charge < -0.3 is 15.8 Å². The lowest BCUT2D eigenvalue weighted by Gasteiger charge is -2.22. The molecule has 0 atom stereocenters. The maximum absolute atomic E-state index is 11.7. The molecule has 0 aromatic carbocycles. The Bertz CT molecular complexity index is 363. The van der Waals surface area contributed by atoms with Gasteiger partial charge in [0.05, 0.1) is 5.60 Å². The van der Waals surface area contributed by atoms with Crippen LogP contribution < -0.4 is 11.1 Å². The fraction of sp³-hybridized carbons (Fsp3) is 0.600. The van der Waals surface area contributed by atoms with Crippen molar-refractivity contribution in [2.24, 2.45) is 5.73 Å². The molecule has 0 aliphatic rings. The Balaban J connectivity index is 2.53. The van der Waals surface area contributed by atoms with E-state index in [-0.39, 0.29) is 11.5 Å². The third-order valence-corrected chi connectivity index (χ3v) is 3.06. The van der Waals surface area contributed by atoms with Gasteiger partial charge in [-0.15, -0.1) is 11.3 Å². The summed E-state index contributed by atoms with van der Waals surface area (Å²) in [7, 11) is 1.61. The Morgan fingerprint density at radius 3 is 2.88 bits per heavy atom. The Labute approximate surface area is 99.0 Å². The summed E-state index contributed by atoms with van der Waals surface area (Å²) in [5, 5.41) is 5.23. The van der Waals surface area contributed by atoms with Crippen LogP contribution in [0.3, 0.4) is 0 Å². The molecule has 16 heavy (non-hydrogen) atoms. The summed E-state index contributed by atoms with van der Waals surface area (Å²) >= 11 is 1.39. The second kappa shape index (κ2) is 5.38. The normalized spacial score (nSPS) is 11.5. The summed E-state index contributed by atoms with van der Waals surface area (Å²) in [6.45, 7) is 4.61. The lowest BCUT2D eigenvalue weighted by Crippen LogP contribution is -2.39. The molecule has 0 aliphatic heterocycles. The minimum absolute atomic E-state index is 0.193. The fourth-order valence-corrected chi connectivity index (χ4v) is 1.62. The van der Waals surface area contributed by atoms with Gasteiger partial charge in [0.15, 0.2) is 0 Å². The van der Waals surface area contributed by atoms with Gasteiger partial charge >= 0.3 is 0 Å². The lowest BCUT2D eigenvalue weighted by atomic mass is 10.1. The maximum Gasteiger partial charge on any atom is 0.270 e. The molecule has 90 valence electrons. The van der Waals surface area contributed by atoms with Crippen LogP contribution in [0.2, 0.25) is 0 Å². The molecule has 0 saturated carbocycles. The number of hydrogen-bond acceptors (Lipinski definition) is 5. The van der Waals surface area contributed by atoms with E-state index in [1.54, 1.807) is 12.5 Å². The van der Waals surface area contributed by atoms with Gasteiger partial charge in [0.2, 0.25) is 0 Å². The molecule has 0 aliphatic carbocycles. The molecule has 6 heteroatoms. The number of nitrogens with zero attached hydrogens (tertiary/aromatic N) is 1. The smallest absolute Gasteiger partial charge is 0.270 e. The molecule has 0 radical (unpaired) electrons. The largest absolute Gasteiger partial charge is 0.377 e. The molecule has 1 aromatic rings. The number of nitrogens with one attached hydrogen (secondary N) is 1. The zero-order valence-corrected chi connectivity index (χ0v) is 10.6. The highest BCUT2D eigenvalue weighted by atomic mass is 32.1. The Morgan fingerprint density at radius 2 is 2.38 bits per heavy atom. The first-order chi connectivity index (χ1) is 7.48. The molecular formula is C10H17N3O2S. The van der Waals surface area contributed by atoms with E-state index in [0.717, 1.165) is 5.01 Å². The predicted octanol–water partition coefficient (Wildman–Crippen LogP) is 0.757. The number of rotatable bonds is 5. The summed E-state index contributed by atoms with van der Waals surface area (Å²) in [4.78, 5) is 15.8. The number of hydrogen-bond donors (Lipinski definition) is 2. The number of aromatic nitrogens is 1. The van der Waals surface area contributed by atoms with Gasteiger partial charge in [0.1, 0.15) is 10.7 Å². The van der Waals surface area contributed by atoms with Crippen molar-refractivity contribution < 1.29 is 9.53 Å². The number of methoxy groups -OCH3 is 1. The van der Waals surface area contributed by atoms with E-state index in [2.05, 4.69) is 10.3 Å². The summed E-state index contributed by atoms with van der Waals surface area (Å²) < 4.78 is 5.20. The summed E-state index contributed by atoms with van der Waals surface area (Å²) in [6, 6.07) is 0. The molecule has 1 heterocycles. The molecule has 3 N–H and O–H groups in total. The molecule has 5 nitrogen and oxygen atoms in total. The highest BCUT2D eigenvalue weighted by Crippen LogP contribution is 2.09. The molecule has 0 bridgehead atoms. The van der Waals surface area contributed by atoms with Crippen LogP contribution in [0.5, 0.6) is 0 Å². The molecule has 0 spiro atoms. The number of ether oxygens (including phenoxy) is 1. The van der Waals surface area contributed by atoms with Crippen LogP contribution in [0, 0.1) is 0 Å². The van der Waals surface area contributed by atoms with Crippen molar-refractivity contribution in [2.75, 3.05) is 13.7 Å². The van der Waals surface area contributed by atoms with Gasteiger partial charge in [-0.2, -0.15) is 0 Å². The van der Waals surface area contributed by atoms with Crippen LogP contribution in [-0.4, -0.2) is 30.1 Å². The first kappa shape index (κ1) is 13.1. The molecule has 1 amide bonds. The topological polar surface area (TPSA) is 77.2 Å². The highest BCUT2D eigenvalue weighted by molar-refractivity contribution is 7.09. The van der Waals surface area contributed by atoms with Crippen molar-refractivity contribution in [3.8, 4) is 0 Å². The standard InChI is InChI=1S/C10H17N3O2S/c1-10(2,15-3)6-12-9(14)7-5-16-8(4-11)13-7/h5H,4,6,11H2,1-3H3,(H,12,14). The molecule has 0 unspecified atom stereocenters. The van der Waals surface area contributed by atoms with E-state index in [0.29, 0.717) is 18.8 Å². The van der Waals surface area contributed by atoms with Gasteiger partial charge in [-0.3, -0.25) is 4.79 Å².